The molecule has 1 aliphatic rings. The van der Waals surface area contributed by atoms with Gasteiger partial charge in [-0.1, -0.05) is 26.2 Å². The maximum absolute atomic E-state index is 13.4. The van der Waals surface area contributed by atoms with Gasteiger partial charge in [-0.15, -0.1) is 11.8 Å². The van der Waals surface area contributed by atoms with Gasteiger partial charge in [0.25, 0.3) is 5.91 Å². The van der Waals surface area contributed by atoms with E-state index < -0.39 is 6.04 Å². The zero-order valence-corrected chi connectivity index (χ0v) is 18.3. The number of carbonyl (C=O) groups is 2. The molecule has 1 N–H and O–H groups in total. The van der Waals surface area contributed by atoms with Crippen LogP contribution < -0.4 is 14.8 Å². The summed E-state index contributed by atoms with van der Waals surface area (Å²) in [7, 11) is 3.11. The molecule has 0 aliphatic carbocycles. The Balaban J connectivity index is 2.29. The zero-order chi connectivity index (χ0) is 20.7. The smallest absolute Gasteiger partial charge is 0.255 e. The number of nitrogens with one attached hydrogen (secondary N) is 1. The molecule has 2 atom stereocenters. The predicted molar refractivity (Wildman–Crippen MR) is 113 cm³/mol. The summed E-state index contributed by atoms with van der Waals surface area (Å²) >= 11 is 1.69. The van der Waals surface area contributed by atoms with Crippen LogP contribution in [0.5, 0.6) is 11.5 Å². The molecule has 0 aromatic heterocycles. The average molecular weight is 409 g/mol. The van der Waals surface area contributed by atoms with E-state index in [9.17, 15) is 9.59 Å². The van der Waals surface area contributed by atoms with Gasteiger partial charge in [-0.2, -0.15) is 0 Å². The largest absolute Gasteiger partial charge is 0.493 e. The van der Waals surface area contributed by atoms with Gasteiger partial charge < -0.3 is 19.7 Å². The number of hydrogen-bond acceptors (Lipinski definition) is 5. The normalized spacial score (nSPS) is 19.0. The molecule has 0 radical (unpaired) electrons. The van der Waals surface area contributed by atoms with E-state index in [0.29, 0.717) is 22.8 Å². The summed E-state index contributed by atoms with van der Waals surface area (Å²) in [6.07, 6.45) is 4.18. The van der Waals surface area contributed by atoms with Gasteiger partial charge in [0.15, 0.2) is 11.5 Å². The number of hydrogen-bond donors (Lipinski definition) is 1. The minimum absolute atomic E-state index is 0.00931. The van der Waals surface area contributed by atoms with E-state index in [2.05, 4.69) is 12.2 Å². The summed E-state index contributed by atoms with van der Waals surface area (Å²) in [5.74, 6) is 1.47. The maximum atomic E-state index is 13.4. The predicted octanol–water partition coefficient (Wildman–Crippen LogP) is 3.69. The topological polar surface area (TPSA) is 67.9 Å². The second-order valence-corrected chi connectivity index (χ2v) is 8.46. The zero-order valence-electron chi connectivity index (χ0n) is 17.5. The molecule has 1 fully saturated rings. The molecule has 1 aromatic rings. The van der Waals surface area contributed by atoms with Crippen LogP contribution in [0.2, 0.25) is 0 Å². The van der Waals surface area contributed by atoms with E-state index in [-0.39, 0.29) is 23.2 Å². The van der Waals surface area contributed by atoms with Crippen molar-refractivity contribution in [3.63, 3.8) is 0 Å². The maximum Gasteiger partial charge on any atom is 0.255 e. The summed E-state index contributed by atoms with van der Waals surface area (Å²) in [5.41, 5.74) is 0.503. The Morgan fingerprint density at radius 2 is 1.93 bits per heavy atom. The second-order valence-electron chi connectivity index (χ2n) is 7.25. The van der Waals surface area contributed by atoms with Crippen molar-refractivity contribution in [1.29, 1.82) is 0 Å². The fourth-order valence-electron chi connectivity index (χ4n) is 3.33. The number of rotatable bonds is 9. The van der Waals surface area contributed by atoms with Gasteiger partial charge >= 0.3 is 0 Å². The summed E-state index contributed by atoms with van der Waals surface area (Å²) in [6, 6.07) is 4.72. The van der Waals surface area contributed by atoms with Crippen LogP contribution in [0.3, 0.4) is 0 Å². The minimum atomic E-state index is -0.459. The summed E-state index contributed by atoms with van der Waals surface area (Å²) < 4.78 is 10.6. The first kappa shape index (κ1) is 22.4. The number of unbranched alkanes of at least 4 members (excludes halogenated alkanes) is 2. The van der Waals surface area contributed by atoms with Crippen molar-refractivity contribution in [3.8, 4) is 11.5 Å². The van der Waals surface area contributed by atoms with Gasteiger partial charge in [0, 0.05) is 17.4 Å². The van der Waals surface area contributed by atoms with E-state index in [1.54, 1.807) is 49.1 Å². The van der Waals surface area contributed by atoms with Crippen LogP contribution in [0, 0.1) is 0 Å². The molecule has 1 saturated heterocycles. The van der Waals surface area contributed by atoms with E-state index in [4.69, 9.17) is 9.47 Å². The number of amides is 2. The van der Waals surface area contributed by atoms with E-state index in [1.807, 2.05) is 13.8 Å². The Morgan fingerprint density at radius 1 is 1.21 bits per heavy atom. The molecule has 0 spiro atoms. The van der Waals surface area contributed by atoms with Gasteiger partial charge in [0.05, 0.1) is 19.6 Å². The highest BCUT2D eigenvalue weighted by Gasteiger charge is 2.41. The van der Waals surface area contributed by atoms with Gasteiger partial charge in [0.2, 0.25) is 5.91 Å². The van der Waals surface area contributed by atoms with Crippen LogP contribution >= 0.6 is 11.8 Å². The quantitative estimate of drug-likeness (QED) is 0.631. The van der Waals surface area contributed by atoms with Crippen molar-refractivity contribution in [2.24, 2.45) is 0 Å². The molecule has 1 aliphatic heterocycles. The number of benzene rings is 1. The first-order valence-electron chi connectivity index (χ1n) is 9.89. The highest BCUT2D eigenvalue weighted by Crippen LogP contribution is 2.35. The molecule has 156 valence electrons. The third-order valence-corrected chi connectivity index (χ3v) is 6.10. The summed E-state index contributed by atoms with van der Waals surface area (Å²) in [5, 5.41) is 2.97. The van der Waals surface area contributed by atoms with Crippen LogP contribution in [0.1, 0.15) is 56.8 Å². The van der Waals surface area contributed by atoms with Crippen molar-refractivity contribution in [3.05, 3.63) is 23.8 Å². The third-order valence-electron chi connectivity index (χ3n) is 4.75. The minimum Gasteiger partial charge on any atom is -0.493 e. The number of nitrogens with zero attached hydrogens (tertiary/aromatic N) is 1. The molecular weight excluding hydrogens is 376 g/mol. The monoisotopic (exact) mass is 408 g/mol. The highest BCUT2D eigenvalue weighted by atomic mass is 32.2. The summed E-state index contributed by atoms with van der Waals surface area (Å²) in [6.45, 7) is 6.02. The lowest BCUT2D eigenvalue weighted by Gasteiger charge is -2.29. The Morgan fingerprint density at radius 3 is 2.54 bits per heavy atom. The lowest BCUT2D eigenvalue weighted by molar-refractivity contribution is -0.125. The molecule has 2 amide bonds. The second kappa shape index (κ2) is 10.6. The lowest BCUT2D eigenvalue weighted by Crippen LogP contribution is -2.51. The first-order valence-corrected chi connectivity index (χ1v) is 10.9. The van der Waals surface area contributed by atoms with E-state index >= 15 is 0 Å². The average Bonchev–Trinajstić information content (AvgIpc) is 3.10. The number of ether oxygens (including phenoxy) is 2. The standard InChI is InChI=1S/C21H32N2O4S/c1-6-7-8-9-19-23(16(13-28-19)20(24)22-14(2)3)21(25)15-10-11-17(26-4)18(12-15)27-5/h10-12,14,16,19H,6-9,13H2,1-5H3,(H,22,24). The van der Waals surface area contributed by atoms with Crippen molar-refractivity contribution in [1.82, 2.24) is 10.2 Å². The Kier molecular flexibility index (Phi) is 8.48. The van der Waals surface area contributed by atoms with Gasteiger partial charge in [-0.3, -0.25) is 9.59 Å². The Labute approximate surface area is 172 Å². The first-order chi connectivity index (χ1) is 13.4. The highest BCUT2D eigenvalue weighted by molar-refractivity contribution is 8.00. The van der Waals surface area contributed by atoms with Crippen LogP contribution in [0.4, 0.5) is 0 Å². The number of thioether (sulfide) groups is 1. The van der Waals surface area contributed by atoms with Crippen molar-refractivity contribution in [2.75, 3.05) is 20.0 Å². The molecule has 2 rings (SSSR count). The molecule has 2 unspecified atom stereocenters. The molecule has 1 aromatic carbocycles. The lowest BCUT2D eigenvalue weighted by atomic mass is 10.1. The van der Waals surface area contributed by atoms with E-state index in [1.165, 1.54) is 0 Å². The number of methoxy groups -OCH3 is 2. The Hall–Kier alpha value is -1.89. The number of carbonyl (C=O) groups excluding carboxylic acids is 2. The summed E-state index contributed by atoms with van der Waals surface area (Å²) in [4.78, 5) is 27.9. The van der Waals surface area contributed by atoms with Gasteiger partial charge in [0.1, 0.15) is 6.04 Å². The van der Waals surface area contributed by atoms with Crippen molar-refractivity contribution < 1.29 is 19.1 Å². The molecular formula is C21H32N2O4S. The van der Waals surface area contributed by atoms with Crippen molar-refractivity contribution >= 4 is 23.6 Å². The molecule has 7 heteroatoms. The van der Waals surface area contributed by atoms with E-state index in [0.717, 1.165) is 25.7 Å². The fraction of sp³-hybridized carbons (Fsp3) is 0.619. The molecule has 6 nitrogen and oxygen atoms in total. The van der Waals surface area contributed by atoms with Crippen LogP contribution in [0.25, 0.3) is 0 Å². The van der Waals surface area contributed by atoms with Crippen molar-refractivity contribution in [2.45, 2.75) is 63.9 Å². The Bertz CT molecular complexity index is 680. The molecule has 0 saturated carbocycles. The molecule has 28 heavy (non-hydrogen) atoms. The van der Waals surface area contributed by atoms with Crippen LogP contribution in [-0.4, -0.2) is 54.1 Å². The molecule has 0 bridgehead atoms. The third kappa shape index (κ3) is 5.34. The van der Waals surface area contributed by atoms with Gasteiger partial charge in [-0.25, -0.2) is 0 Å². The SMILES string of the molecule is CCCCCC1SCC(C(=O)NC(C)C)N1C(=O)c1ccc(OC)c(OC)c1. The fourth-order valence-corrected chi connectivity index (χ4v) is 4.78. The molecule has 1 heterocycles. The van der Waals surface area contributed by atoms with Gasteiger partial charge in [-0.05, 0) is 38.5 Å². The van der Waals surface area contributed by atoms with Crippen LogP contribution in [-0.2, 0) is 4.79 Å². The van der Waals surface area contributed by atoms with Crippen LogP contribution in [0.15, 0.2) is 18.2 Å².